The number of ether oxygens (including phenoxy) is 1. The van der Waals surface area contributed by atoms with Gasteiger partial charge in [-0.1, -0.05) is 0 Å². The number of esters is 1. The molecule has 0 radical (unpaired) electrons. The Morgan fingerprint density at radius 1 is 1.42 bits per heavy atom. The van der Waals surface area contributed by atoms with Crippen LogP contribution in [0.25, 0.3) is 0 Å². The van der Waals surface area contributed by atoms with Gasteiger partial charge in [-0.25, -0.2) is 9.78 Å². The molecule has 4 nitrogen and oxygen atoms in total. The molecule has 0 saturated heterocycles. The van der Waals surface area contributed by atoms with Crippen LogP contribution in [0.5, 0.6) is 0 Å². The van der Waals surface area contributed by atoms with Gasteiger partial charge in [0.25, 0.3) is 0 Å². The Bertz CT molecular complexity index is 580. The summed E-state index contributed by atoms with van der Waals surface area (Å²) in [6, 6.07) is 7.93. The predicted octanol–water partition coefficient (Wildman–Crippen LogP) is 3.41. The maximum Gasteiger partial charge on any atom is 0.356 e. The topological polar surface area (TPSA) is 51.2 Å². The molecular formula is C14H16N2O2S. The van der Waals surface area contributed by atoms with E-state index in [2.05, 4.69) is 41.0 Å². The average Bonchev–Trinajstić information content (AvgIpc) is 2.85. The highest BCUT2D eigenvalue weighted by Crippen LogP contribution is 2.25. The van der Waals surface area contributed by atoms with Crippen LogP contribution in [0.3, 0.4) is 0 Å². The van der Waals surface area contributed by atoms with Crippen molar-refractivity contribution >= 4 is 23.0 Å². The van der Waals surface area contributed by atoms with Gasteiger partial charge in [0.15, 0.2) is 0 Å². The lowest BCUT2D eigenvalue weighted by Gasteiger charge is -2.14. The summed E-state index contributed by atoms with van der Waals surface area (Å²) < 4.78 is 4.66. The molecule has 0 fully saturated rings. The van der Waals surface area contributed by atoms with Crippen molar-refractivity contribution in [1.29, 1.82) is 0 Å². The fraction of sp³-hybridized carbons (Fsp3) is 0.286. The van der Waals surface area contributed by atoms with E-state index in [4.69, 9.17) is 0 Å². The van der Waals surface area contributed by atoms with Crippen LogP contribution >= 0.6 is 11.3 Å². The van der Waals surface area contributed by atoms with E-state index in [9.17, 15) is 4.79 Å². The SMILES string of the molecule is COC(=O)c1cc(NC(C)c2ccc(C)s2)ccn1. The van der Waals surface area contributed by atoms with Gasteiger partial charge in [0.1, 0.15) is 5.69 Å². The molecule has 2 rings (SSSR count). The third kappa shape index (κ3) is 3.32. The van der Waals surface area contributed by atoms with E-state index in [-0.39, 0.29) is 6.04 Å². The highest BCUT2D eigenvalue weighted by molar-refractivity contribution is 7.12. The number of carbonyl (C=O) groups is 1. The van der Waals surface area contributed by atoms with E-state index in [0.29, 0.717) is 5.69 Å². The second-order valence-corrected chi connectivity index (χ2v) is 5.56. The maximum atomic E-state index is 11.4. The largest absolute Gasteiger partial charge is 0.464 e. The first-order valence-electron chi connectivity index (χ1n) is 5.97. The molecule has 0 aliphatic heterocycles. The summed E-state index contributed by atoms with van der Waals surface area (Å²) >= 11 is 1.76. The molecule has 0 aromatic carbocycles. The van der Waals surface area contributed by atoms with Crippen LogP contribution in [0.1, 0.15) is 33.2 Å². The molecule has 0 amide bonds. The Balaban J connectivity index is 2.12. The van der Waals surface area contributed by atoms with Gasteiger partial charge in [0, 0.05) is 21.6 Å². The zero-order valence-electron chi connectivity index (χ0n) is 11.1. The minimum Gasteiger partial charge on any atom is -0.464 e. The van der Waals surface area contributed by atoms with Crippen LogP contribution in [0.2, 0.25) is 0 Å². The minimum atomic E-state index is -0.428. The van der Waals surface area contributed by atoms with Crippen molar-refractivity contribution < 1.29 is 9.53 Å². The monoisotopic (exact) mass is 276 g/mol. The number of carbonyl (C=O) groups excluding carboxylic acids is 1. The summed E-state index contributed by atoms with van der Waals surface area (Å²) in [6.07, 6.45) is 1.60. The van der Waals surface area contributed by atoms with Gasteiger partial charge in [-0.3, -0.25) is 0 Å². The van der Waals surface area contributed by atoms with Gasteiger partial charge in [0.2, 0.25) is 0 Å². The number of methoxy groups -OCH3 is 1. The van der Waals surface area contributed by atoms with Crippen LogP contribution in [-0.2, 0) is 4.74 Å². The number of anilines is 1. The highest BCUT2D eigenvalue weighted by Gasteiger charge is 2.10. The predicted molar refractivity (Wildman–Crippen MR) is 76.7 cm³/mol. The van der Waals surface area contributed by atoms with Gasteiger partial charge in [0.05, 0.1) is 13.2 Å². The Kier molecular flexibility index (Phi) is 4.16. The molecule has 0 bridgehead atoms. The van der Waals surface area contributed by atoms with Crippen molar-refractivity contribution in [3.63, 3.8) is 0 Å². The zero-order valence-corrected chi connectivity index (χ0v) is 12.0. The molecule has 19 heavy (non-hydrogen) atoms. The first-order valence-corrected chi connectivity index (χ1v) is 6.79. The molecule has 1 atom stereocenters. The summed E-state index contributed by atoms with van der Waals surface area (Å²) in [7, 11) is 1.35. The third-order valence-corrected chi connectivity index (χ3v) is 3.91. The number of thiophene rings is 1. The number of rotatable bonds is 4. The Morgan fingerprint density at radius 3 is 2.84 bits per heavy atom. The summed E-state index contributed by atoms with van der Waals surface area (Å²) in [4.78, 5) is 17.9. The summed E-state index contributed by atoms with van der Waals surface area (Å²) in [5, 5.41) is 3.35. The fourth-order valence-electron chi connectivity index (χ4n) is 1.74. The number of nitrogens with zero attached hydrogens (tertiary/aromatic N) is 1. The maximum absolute atomic E-state index is 11.4. The second-order valence-electron chi connectivity index (χ2n) is 4.24. The Hall–Kier alpha value is -1.88. The number of pyridine rings is 1. The van der Waals surface area contributed by atoms with Crippen molar-refractivity contribution in [2.45, 2.75) is 19.9 Å². The van der Waals surface area contributed by atoms with Crippen LogP contribution in [-0.4, -0.2) is 18.1 Å². The van der Waals surface area contributed by atoms with Crippen molar-refractivity contribution in [2.24, 2.45) is 0 Å². The van der Waals surface area contributed by atoms with Gasteiger partial charge in [-0.05, 0) is 38.1 Å². The number of hydrogen-bond donors (Lipinski definition) is 1. The quantitative estimate of drug-likeness (QED) is 0.869. The van der Waals surface area contributed by atoms with Gasteiger partial charge in [-0.15, -0.1) is 11.3 Å². The van der Waals surface area contributed by atoms with E-state index in [1.54, 1.807) is 23.6 Å². The zero-order chi connectivity index (χ0) is 13.8. The molecule has 1 N–H and O–H groups in total. The van der Waals surface area contributed by atoms with E-state index >= 15 is 0 Å². The number of hydrogen-bond acceptors (Lipinski definition) is 5. The molecule has 2 aromatic heterocycles. The molecule has 0 saturated carbocycles. The van der Waals surface area contributed by atoms with E-state index in [1.165, 1.54) is 16.9 Å². The lowest BCUT2D eigenvalue weighted by molar-refractivity contribution is 0.0594. The lowest BCUT2D eigenvalue weighted by atomic mass is 10.2. The molecule has 0 aliphatic rings. The molecule has 5 heteroatoms. The summed E-state index contributed by atoms with van der Waals surface area (Å²) in [6.45, 7) is 4.17. The Labute approximate surface area is 116 Å². The average molecular weight is 276 g/mol. The van der Waals surface area contributed by atoms with Crippen LogP contribution in [0, 0.1) is 6.92 Å². The lowest BCUT2D eigenvalue weighted by Crippen LogP contribution is -2.08. The normalized spacial score (nSPS) is 11.9. The van der Waals surface area contributed by atoms with Crippen LogP contribution in [0.15, 0.2) is 30.5 Å². The van der Waals surface area contributed by atoms with Crippen LogP contribution < -0.4 is 5.32 Å². The first-order chi connectivity index (χ1) is 9.10. The molecule has 1 unspecified atom stereocenters. The molecule has 0 aliphatic carbocycles. The molecule has 100 valence electrons. The van der Waals surface area contributed by atoms with Gasteiger partial charge < -0.3 is 10.1 Å². The number of aryl methyl sites for hydroxylation is 1. The Morgan fingerprint density at radius 2 is 2.21 bits per heavy atom. The van der Waals surface area contributed by atoms with E-state index < -0.39 is 5.97 Å². The minimum absolute atomic E-state index is 0.187. The third-order valence-electron chi connectivity index (χ3n) is 2.73. The van der Waals surface area contributed by atoms with Crippen molar-refractivity contribution in [3.05, 3.63) is 45.9 Å². The summed E-state index contributed by atoms with van der Waals surface area (Å²) in [5.74, 6) is -0.428. The van der Waals surface area contributed by atoms with E-state index in [1.807, 2.05) is 6.07 Å². The van der Waals surface area contributed by atoms with Gasteiger partial charge in [-0.2, -0.15) is 0 Å². The fourth-order valence-corrected chi connectivity index (χ4v) is 2.62. The van der Waals surface area contributed by atoms with Crippen molar-refractivity contribution in [2.75, 3.05) is 12.4 Å². The number of nitrogens with one attached hydrogen (secondary N) is 1. The van der Waals surface area contributed by atoms with Crippen LogP contribution in [0.4, 0.5) is 5.69 Å². The van der Waals surface area contributed by atoms with Gasteiger partial charge >= 0.3 is 5.97 Å². The highest BCUT2D eigenvalue weighted by atomic mass is 32.1. The molecule has 2 aromatic rings. The standard InChI is InChI=1S/C14H16N2O2S/c1-9-4-5-13(19-9)10(2)16-11-6-7-15-12(8-11)14(17)18-3/h4-8,10H,1-3H3,(H,15,16). The van der Waals surface area contributed by atoms with Crippen molar-refractivity contribution in [3.8, 4) is 0 Å². The number of aromatic nitrogens is 1. The first kappa shape index (κ1) is 13.5. The smallest absolute Gasteiger partial charge is 0.356 e. The van der Waals surface area contributed by atoms with E-state index in [0.717, 1.165) is 5.69 Å². The van der Waals surface area contributed by atoms with Crippen molar-refractivity contribution in [1.82, 2.24) is 4.98 Å². The molecular weight excluding hydrogens is 260 g/mol. The second kappa shape index (κ2) is 5.84. The molecule has 0 spiro atoms. The summed E-state index contributed by atoms with van der Waals surface area (Å²) in [5.41, 5.74) is 1.16. The molecule has 2 heterocycles.